The molecule has 0 atom stereocenters. The van der Waals surface area contributed by atoms with Gasteiger partial charge in [-0.1, -0.05) is 18.2 Å². The molecule has 1 amide bonds. The van der Waals surface area contributed by atoms with Gasteiger partial charge in [0.2, 0.25) is 0 Å². The maximum Gasteiger partial charge on any atom is 0.269 e. The monoisotopic (exact) mass is 326 g/mol. The van der Waals surface area contributed by atoms with E-state index in [-0.39, 0.29) is 11.3 Å². The summed E-state index contributed by atoms with van der Waals surface area (Å²) in [7, 11) is 1.66. The summed E-state index contributed by atoms with van der Waals surface area (Å²) in [6.45, 7) is 1.97. The van der Waals surface area contributed by atoms with Gasteiger partial charge in [-0.15, -0.1) is 0 Å². The number of carbonyl (C=O) groups excluding carboxylic acids is 1. The largest absolute Gasteiger partial charge is 0.497 e. The highest BCUT2D eigenvalue weighted by Gasteiger charge is 2.35. The van der Waals surface area contributed by atoms with Crippen LogP contribution in [0.25, 0.3) is 0 Å². The topological polar surface area (TPSA) is 60.5 Å². The van der Waals surface area contributed by atoms with E-state index < -0.39 is 0 Å². The molecule has 2 heterocycles. The van der Waals surface area contributed by atoms with Crippen molar-refractivity contribution in [3.8, 4) is 5.75 Å². The van der Waals surface area contributed by atoms with E-state index in [1.807, 2.05) is 18.2 Å². The summed E-state index contributed by atoms with van der Waals surface area (Å²) in [6.07, 6.45) is 3.38. The van der Waals surface area contributed by atoms with Gasteiger partial charge in [-0.2, -0.15) is 0 Å². The predicted octanol–water partition coefficient (Wildman–Crippen LogP) is 2.57. The lowest BCUT2D eigenvalue weighted by Crippen LogP contribution is -2.44. The van der Waals surface area contributed by atoms with E-state index in [9.17, 15) is 4.79 Å². The first kappa shape index (κ1) is 16.5. The third-order valence-electron chi connectivity index (χ3n) is 4.64. The second kappa shape index (κ2) is 7.45. The number of pyridine rings is 1. The smallest absolute Gasteiger partial charge is 0.269 e. The summed E-state index contributed by atoms with van der Waals surface area (Å²) in [5, 5.41) is 3.05. The quantitative estimate of drug-likeness (QED) is 0.917. The van der Waals surface area contributed by atoms with Crippen LogP contribution in [0.5, 0.6) is 5.75 Å². The lowest BCUT2D eigenvalue weighted by Gasteiger charge is -2.38. The van der Waals surface area contributed by atoms with Crippen LogP contribution >= 0.6 is 0 Å². The van der Waals surface area contributed by atoms with Crippen molar-refractivity contribution in [2.45, 2.75) is 18.3 Å². The summed E-state index contributed by atoms with van der Waals surface area (Å²) >= 11 is 0. The van der Waals surface area contributed by atoms with Crippen LogP contribution in [0.4, 0.5) is 0 Å². The Bertz CT molecular complexity index is 665. The molecule has 0 saturated carbocycles. The molecule has 1 saturated heterocycles. The van der Waals surface area contributed by atoms with Gasteiger partial charge in [-0.25, -0.2) is 0 Å². The molecule has 0 radical (unpaired) electrons. The van der Waals surface area contributed by atoms with Crippen LogP contribution in [0.1, 0.15) is 28.9 Å². The second-order valence-corrected chi connectivity index (χ2v) is 6.02. The summed E-state index contributed by atoms with van der Waals surface area (Å²) in [5.41, 5.74) is 1.52. The van der Waals surface area contributed by atoms with Crippen molar-refractivity contribution in [2.24, 2.45) is 0 Å². The highest BCUT2D eigenvalue weighted by Crippen LogP contribution is 2.35. The molecule has 1 aliphatic rings. The number of aromatic nitrogens is 1. The van der Waals surface area contributed by atoms with Gasteiger partial charge in [0.1, 0.15) is 11.4 Å². The molecule has 1 aromatic heterocycles. The van der Waals surface area contributed by atoms with Crippen LogP contribution in [0.3, 0.4) is 0 Å². The van der Waals surface area contributed by atoms with Crippen LogP contribution in [-0.4, -0.2) is 37.8 Å². The Kier molecular flexibility index (Phi) is 5.11. The Morgan fingerprint density at radius 1 is 1.21 bits per heavy atom. The minimum atomic E-state index is -0.144. The zero-order valence-electron chi connectivity index (χ0n) is 13.8. The van der Waals surface area contributed by atoms with Crippen molar-refractivity contribution in [1.82, 2.24) is 10.3 Å². The van der Waals surface area contributed by atoms with E-state index in [4.69, 9.17) is 9.47 Å². The molecule has 0 bridgehead atoms. The first-order chi connectivity index (χ1) is 11.7. The number of rotatable bonds is 5. The second-order valence-electron chi connectivity index (χ2n) is 6.02. The number of carbonyl (C=O) groups is 1. The lowest BCUT2D eigenvalue weighted by molar-refractivity contribution is 0.0486. The van der Waals surface area contributed by atoms with Crippen molar-refractivity contribution in [1.29, 1.82) is 0 Å². The summed E-state index contributed by atoms with van der Waals surface area (Å²) in [5.74, 6) is 0.688. The average Bonchev–Trinajstić information content (AvgIpc) is 2.67. The van der Waals surface area contributed by atoms with E-state index in [0.717, 1.165) is 18.6 Å². The maximum absolute atomic E-state index is 12.3. The number of hydrogen-bond acceptors (Lipinski definition) is 4. The lowest BCUT2D eigenvalue weighted by atomic mass is 9.74. The third kappa shape index (κ3) is 3.57. The first-order valence-electron chi connectivity index (χ1n) is 8.15. The fraction of sp³-hybridized carbons (Fsp3) is 0.368. The molecule has 1 N–H and O–H groups in total. The van der Waals surface area contributed by atoms with Crippen molar-refractivity contribution in [2.75, 3.05) is 26.9 Å². The fourth-order valence-corrected chi connectivity index (χ4v) is 3.11. The number of ether oxygens (including phenoxy) is 2. The number of methoxy groups -OCH3 is 1. The minimum Gasteiger partial charge on any atom is -0.497 e. The normalized spacial score (nSPS) is 16.4. The number of benzene rings is 1. The Labute approximate surface area is 142 Å². The summed E-state index contributed by atoms with van der Waals surface area (Å²) in [6, 6.07) is 13.4. The summed E-state index contributed by atoms with van der Waals surface area (Å²) < 4.78 is 10.8. The third-order valence-corrected chi connectivity index (χ3v) is 4.64. The zero-order chi connectivity index (χ0) is 16.8. The van der Waals surface area contributed by atoms with Crippen molar-refractivity contribution < 1.29 is 14.3 Å². The Morgan fingerprint density at radius 2 is 1.96 bits per heavy atom. The standard InChI is InChI=1S/C19H22N2O3/c1-23-16-7-5-15(6-8-16)19(9-12-24-13-10-19)14-21-18(22)17-4-2-3-11-20-17/h2-8,11H,9-10,12-14H2,1H3,(H,21,22). The van der Waals surface area contributed by atoms with Gasteiger partial charge in [0.05, 0.1) is 7.11 Å². The van der Waals surface area contributed by atoms with E-state index in [1.165, 1.54) is 5.56 Å². The van der Waals surface area contributed by atoms with Crippen molar-refractivity contribution in [3.05, 3.63) is 59.9 Å². The Balaban J connectivity index is 1.77. The number of amides is 1. The number of nitrogens with zero attached hydrogens (tertiary/aromatic N) is 1. The molecule has 0 aliphatic carbocycles. The SMILES string of the molecule is COc1ccc(C2(CNC(=O)c3ccccn3)CCOCC2)cc1. The van der Waals surface area contributed by atoms with Gasteiger partial charge in [0.25, 0.3) is 5.91 Å². The number of hydrogen-bond donors (Lipinski definition) is 1. The van der Waals surface area contributed by atoms with Gasteiger partial charge >= 0.3 is 0 Å². The van der Waals surface area contributed by atoms with Gasteiger partial charge in [-0.3, -0.25) is 9.78 Å². The highest BCUT2D eigenvalue weighted by molar-refractivity contribution is 5.92. The first-order valence-corrected chi connectivity index (χ1v) is 8.15. The van der Waals surface area contributed by atoms with Gasteiger partial charge in [0, 0.05) is 31.4 Å². The van der Waals surface area contributed by atoms with Crippen LogP contribution in [0.15, 0.2) is 48.7 Å². The maximum atomic E-state index is 12.3. The molecule has 5 heteroatoms. The van der Waals surface area contributed by atoms with Crippen LogP contribution in [0, 0.1) is 0 Å². The number of nitrogens with one attached hydrogen (secondary N) is 1. The van der Waals surface area contributed by atoms with Crippen LogP contribution < -0.4 is 10.1 Å². The van der Waals surface area contributed by atoms with Crippen molar-refractivity contribution >= 4 is 5.91 Å². The van der Waals surface area contributed by atoms with Gasteiger partial charge < -0.3 is 14.8 Å². The van der Waals surface area contributed by atoms with Gasteiger partial charge in [-0.05, 0) is 42.7 Å². The fourth-order valence-electron chi connectivity index (χ4n) is 3.11. The molecule has 0 unspecified atom stereocenters. The molecule has 126 valence electrons. The van der Waals surface area contributed by atoms with Crippen LogP contribution in [-0.2, 0) is 10.2 Å². The Morgan fingerprint density at radius 3 is 2.58 bits per heavy atom. The van der Waals surface area contributed by atoms with E-state index >= 15 is 0 Å². The molecule has 0 spiro atoms. The van der Waals surface area contributed by atoms with E-state index in [2.05, 4.69) is 22.4 Å². The predicted molar refractivity (Wildman–Crippen MR) is 91.3 cm³/mol. The van der Waals surface area contributed by atoms with Gasteiger partial charge in [0.15, 0.2) is 0 Å². The molecular weight excluding hydrogens is 304 g/mol. The van der Waals surface area contributed by atoms with E-state index in [0.29, 0.717) is 25.5 Å². The molecule has 5 nitrogen and oxygen atoms in total. The minimum absolute atomic E-state index is 0.116. The molecule has 1 aromatic carbocycles. The zero-order valence-corrected chi connectivity index (χ0v) is 13.8. The molecule has 2 aromatic rings. The molecule has 24 heavy (non-hydrogen) atoms. The van der Waals surface area contributed by atoms with Crippen molar-refractivity contribution in [3.63, 3.8) is 0 Å². The average molecular weight is 326 g/mol. The molecule has 1 aliphatic heterocycles. The van der Waals surface area contributed by atoms with Crippen LogP contribution in [0.2, 0.25) is 0 Å². The molecular formula is C19H22N2O3. The Hall–Kier alpha value is -2.40. The molecule has 3 rings (SSSR count). The summed E-state index contributed by atoms with van der Waals surface area (Å²) in [4.78, 5) is 16.4. The highest BCUT2D eigenvalue weighted by atomic mass is 16.5. The van der Waals surface area contributed by atoms with E-state index in [1.54, 1.807) is 25.4 Å². The molecule has 1 fully saturated rings.